The molecule has 1 aromatic heterocycles. The van der Waals surface area contributed by atoms with Crippen LogP contribution in [-0.2, 0) is 4.79 Å². The van der Waals surface area contributed by atoms with E-state index in [1.165, 1.54) is 18.4 Å². The van der Waals surface area contributed by atoms with Gasteiger partial charge in [-0.05, 0) is 50.3 Å². The van der Waals surface area contributed by atoms with E-state index < -0.39 is 5.97 Å². The number of benzene rings is 1. The summed E-state index contributed by atoms with van der Waals surface area (Å²) in [5.74, 6) is 0.538. The van der Waals surface area contributed by atoms with Gasteiger partial charge in [-0.15, -0.1) is 0 Å². The Morgan fingerprint density at radius 1 is 1.29 bits per heavy atom. The van der Waals surface area contributed by atoms with Crippen LogP contribution >= 0.6 is 15.9 Å². The highest BCUT2D eigenvalue weighted by Gasteiger charge is 2.36. The minimum absolute atomic E-state index is 0.200. The average molecular weight is 349 g/mol. The van der Waals surface area contributed by atoms with Crippen molar-refractivity contribution >= 4 is 32.9 Å². The number of imidazole rings is 1. The van der Waals surface area contributed by atoms with E-state index in [-0.39, 0.29) is 11.8 Å². The summed E-state index contributed by atoms with van der Waals surface area (Å²) in [4.78, 5) is 16.0. The molecule has 1 aromatic carbocycles. The van der Waals surface area contributed by atoms with E-state index in [1.807, 2.05) is 0 Å². The van der Waals surface area contributed by atoms with Gasteiger partial charge in [0, 0.05) is 16.4 Å². The Balaban J connectivity index is 1.77. The lowest BCUT2D eigenvalue weighted by Crippen LogP contribution is -2.11. The van der Waals surface area contributed by atoms with Crippen LogP contribution in [0.3, 0.4) is 0 Å². The Morgan fingerprint density at radius 3 is 2.76 bits per heavy atom. The maximum Gasteiger partial charge on any atom is 0.306 e. The molecule has 0 aliphatic heterocycles. The summed E-state index contributed by atoms with van der Waals surface area (Å²) in [6, 6.07) is 6.80. The van der Waals surface area contributed by atoms with Crippen LogP contribution in [0.4, 0.5) is 0 Å². The van der Waals surface area contributed by atoms with Gasteiger partial charge >= 0.3 is 5.97 Å². The van der Waals surface area contributed by atoms with E-state index in [4.69, 9.17) is 4.98 Å². The lowest BCUT2D eigenvalue weighted by Gasteiger charge is -2.13. The normalized spacial score (nSPS) is 25.6. The summed E-state index contributed by atoms with van der Waals surface area (Å²) in [5, 5.41) is 9.21. The molecule has 2 aromatic rings. The van der Waals surface area contributed by atoms with Gasteiger partial charge in [-0.1, -0.05) is 15.9 Å². The number of carboxylic acids is 1. The summed E-state index contributed by atoms with van der Waals surface area (Å²) in [7, 11) is 0. The van der Waals surface area contributed by atoms with Crippen molar-refractivity contribution < 1.29 is 9.90 Å². The van der Waals surface area contributed by atoms with Gasteiger partial charge in [-0.25, -0.2) is 4.98 Å². The van der Waals surface area contributed by atoms with Crippen molar-refractivity contribution in [1.82, 2.24) is 9.55 Å². The third-order valence-electron chi connectivity index (χ3n) is 4.74. The summed E-state index contributed by atoms with van der Waals surface area (Å²) >= 11 is 3.50. The van der Waals surface area contributed by atoms with Gasteiger partial charge in [0.05, 0.1) is 17.0 Å². The molecule has 0 radical (unpaired) electrons. The number of nitrogens with zero attached hydrogens (tertiary/aromatic N) is 2. The van der Waals surface area contributed by atoms with Gasteiger partial charge < -0.3 is 9.67 Å². The summed E-state index contributed by atoms with van der Waals surface area (Å²) in [5.41, 5.74) is 2.21. The highest BCUT2D eigenvalue weighted by atomic mass is 79.9. The van der Waals surface area contributed by atoms with Crippen molar-refractivity contribution in [2.45, 2.75) is 44.1 Å². The number of carboxylic acid groups (broad SMARTS) is 1. The molecule has 2 unspecified atom stereocenters. The first-order chi connectivity index (χ1) is 10.1. The van der Waals surface area contributed by atoms with Crippen LogP contribution < -0.4 is 0 Å². The first-order valence-corrected chi connectivity index (χ1v) is 8.33. The van der Waals surface area contributed by atoms with Gasteiger partial charge in [0.15, 0.2) is 0 Å². The predicted molar refractivity (Wildman–Crippen MR) is 83.4 cm³/mol. The third kappa shape index (κ3) is 2.27. The second-order valence-electron chi connectivity index (χ2n) is 6.25. The molecular formula is C16H17BrN2O2. The minimum Gasteiger partial charge on any atom is -0.481 e. The third-order valence-corrected chi connectivity index (χ3v) is 5.23. The van der Waals surface area contributed by atoms with Crippen molar-refractivity contribution in [3.63, 3.8) is 0 Å². The molecule has 5 heteroatoms. The summed E-state index contributed by atoms with van der Waals surface area (Å²) < 4.78 is 3.41. The number of halogens is 1. The van der Waals surface area contributed by atoms with Crippen molar-refractivity contribution in [2.75, 3.05) is 0 Å². The Bertz CT molecular complexity index is 720. The Morgan fingerprint density at radius 2 is 2.10 bits per heavy atom. The number of rotatable bonds is 3. The summed E-state index contributed by atoms with van der Waals surface area (Å²) in [6.07, 6.45) is 4.87. The second-order valence-corrected chi connectivity index (χ2v) is 7.17. The topological polar surface area (TPSA) is 55.1 Å². The highest BCUT2D eigenvalue weighted by molar-refractivity contribution is 9.10. The molecule has 0 saturated heterocycles. The predicted octanol–water partition coefficient (Wildman–Crippen LogP) is 4.10. The minimum atomic E-state index is -0.658. The van der Waals surface area contributed by atoms with Crippen LogP contribution in [0.1, 0.15) is 49.9 Å². The number of fused-ring (bicyclic) bond motifs is 1. The number of carbonyl (C=O) groups is 1. The van der Waals surface area contributed by atoms with Crippen LogP contribution in [0, 0.1) is 5.92 Å². The van der Waals surface area contributed by atoms with Gasteiger partial charge in [0.1, 0.15) is 5.82 Å². The molecule has 1 N–H and O–H groups in total. The maximum absolute atomic E-state index is 11.2. The zero-order chi connectivity index (χ0) is 14.6. The van der Waals surface area contributed by atoms with Gasteiger partial charge in [0.2, 0.25) is 0 Å². The molecule has 1 heterocycles. The fraction of sp³-hybridized carbons (Fsp3) is 0.500. The standard InChI is InChI=1S/C16H17BrN2O2/c17-11-3-6-14-13(8-11)18-15(19(14)12-4-5-12)9-1-2-10(7-9)16(20)21/h3,6,8-10,12H,1-2,4-5,7H2,(H,20,21). The Kier molecular flexibility index (Phi) is 3.06. The van der Waals surface area contributed by atoms with E-state index >= 15 is 0 Å². The fourth-order valence-electron chi connectivity index (χ4n) is 3.54. The zero-order valence-electron chi connectivity index (χ0n) is 11.6. The van der Waals surface area contributed by atoms with Crippen molar-refractivity contribution in [1.29, 1.82) is 0 Å². The van der Waals surface area contributed by atoms with Gasteiger partial charge in [-0.3, -0.25) is 4.79 Å². The number of aliphatic carboxylic acids is 1. The van der Waals surface area contributed by atoms with E-state index in [0.29, 0.717) is 6.04 Å². The number of aromatic nitrogens is 2. The molecular weight excluding hydrogens is 332 g/mol. The fourth-order valence-corrected chi connectivity index (χ4v) is 3.88. The SMILES string of the molecule is O=C(O)C1CCC(c2nc3cc(Br)ccc3n2C2CC2)C1. The molecule has 0 bridgehead atoms. The van der Waals surface area contributed by atoms with Crippen LogP contribution in [0.2, 0.25) is 0 Å². The Hall–Kier alpha value is -1.36. The molecule has 2 fully saturated rings. The quantitative estimate of drug-likeness (QED) is 0.908. The van der Waals surface area contributed by atoms with Crippen LogP contribution in [0.15, 0.2) is 22.7 Å². The molecule has 21 heavy (non-hydrogen) atoms. The van der Waals surface area contributed by atoms with Gasteiger partial charge in [-0.2, -0.15) is 0 Å². The smallest absolute Gasteiger partial charge is 0.306 e. The van der Waals surface area contributed by atoms with Crippen molar-refractivity contribution in [2.24, 2.45) is 5.92 Å². The van der Waals surface area contributed by atoms with Crippen LogP contribution in [0.25, 0.3) is 11.0 Å². The molecule has 4 nitrogen and oxygen atoms in total. The largest absolute Gasteiger partial charge is 0.481 e. The lowest BCUT2D eigenvalue weighted by molar-refractivity contribution is -0.141. The lowest BCUT2D eigenvalue weighted by atomic mass is 10.0. The second kappa shape index (κ2) is 4.83. The molecule has 2 aliphatic carbocycles. The van der Waals surface area contributed by atoms with E-state index in [0.717, 1.165) is 35.1 Å². The molecule has 110 valence electrons. The Labute approximate surface area is 131 Å². The maximum atomic E-state index is 11.2. The first kappa shape index (κ1) is 13.3. The molecule has 0 amide bonds. The number of hydrogen-bond donors (Lipinski definition) is 1. The van der Waals surface area contributed by atoms with Crippen molar-refractivity contribution in [3.8, 4) is 0 Å². The molecule has 2 aliphatic rings. The van der Waals surface area contributed by atoms with Gasteiger partial charge in [0.25, 0.3) is 0 Å². The van der Waals surface area contributed by atoms with E-state index in [9.17, 15) is 9.90 Å². The van der Waals surface area contributed by atoms with E-state index in [1.54, 1.807) is 0 Å². The van der Waals surface area contributed by atoms with Crippen LogP contribution in [0.5, 0.6) is 0 Å². The molecule has 0 spiro atoms. The summed E-state index contributed by atoms with van der Waals surface area (Å²) in [6.45, 7) is 0. The monoisotopic (exact) mass is 348 g/mol. The molecule has 2 saturated carbocycles. The molecule has 2 atom stereocenters. The van der Waals surface area contributed by atoms with E-state index in [2.05, 4.69) is 38.7 Å². The number of hydrogen-bond acceptors (Lipinski definition) is 2. The first-order valence-electron chi connectivity index (χ1n) is 7.53. The average Bonchev–Trinajstić information content (AvgIpc) is 3.02. The highest BCUT2D eigenvalue weighted by Crippen LogP contribution is 2.45. The van der Waals surface area contributed by atoms with Crippen molar-refractivity contribution in [3.05, 3.63) is 28.5 Å². The zero-order valence-corrected chi connectivity index (χ0v) is 13.2. The van der Waals surface area contributed by atoms with Crippen LogP contribution in [-0.4, -0.2) is 20.6 Å². The molecule has 4 rings (SSSR count).